The standard InChI is InChI=1S/C13H24N4O3S/c1-21(19,20)15-9-12-5-2-3-7-16(12)10-13(18)11-17-8-4-6-14-17/h4,6,8,12-13,15,18H,2-3,5,7,9-11H2,1H3/t12-,13+/m0/s1. The van der Waals surface area contributed by atoms with Crippen molar-refractivity contribution in [3.05, 3.63) is 18.5 Å². The number of nitrogens with zero attached hydrogens (tertiary/aromatic N) is 3. The van der Waals surface area contributed by atoms with Crippen molar-refractivity contribution in [1.82, 2.24) is 19.4 Å². The molecule has 1 aromatic rings. The van der Waals surface area contributed by atoms with Crippen LogP contribution in [0.3, 0.4) is 0 Å². The maximum Gasteiger partial charge on any atom is 0.208 e. The Morgan fingerprint density at radius 2 is 2.24 bits per heavy atom. The maximum absolute atomic E-state index is 11.2. The molecule has 0 aromatic carbocycles. The highest BCUT2D eigenvalue weighted by Crippen LogP contribution is 2.17. The van der Waals surface area contributed by atoms with Gasteiger partial charge in [-0.2, -0.15) is 5.10 Å². The fourth-order valence-electron chi connectivity index (χ4n) is 2.73. The normalized spacial score (nSPS) is 22.3. The third-order valence-corrected chi connectivity index (χ3v) is 4.42. The van der Waals surface area contributed by atoms with Gasteiger partial charge in [0.25, 0.3) is 0 Å². The molecule has 2 rings (SSSR count). The summed E-state index contributed by atoms with van der Waals surface area (Å²) in [6.45, 7) is 2.30. The highest BCUT2D eigenvalue weighted by Gasteiger charge is 2.25. The van der Waals surface area contributed by atoms with E-state index >= 15 is 0 Å². The van der Waals surface area contributed by atoms with E-state index in [4.69, 9.17) is 0 Å². The molecule has 2 atom stereocenters. The van der Waals surface area contributed by atoms with Crippen LogP contribution in [-0.2, 0) is 16.6 Å². The summed E-state index contributed by atoms with van der Waals surface area (Å²) in [5.74, 6) is 0. The van der Waals surface area contributed by atoms with Gasteiger partial charge < -0.3 is 5.11 Å². The molecule has 0 saturated carbocycles. The third-order valence-electron chi connectivity index (χ3n) is 3.73. The Kier molecular flexibility index (Phi) is 5.74. The molecule has 2 N–H and O–H groups in total. The molecule has 21 heavy (non-hydrogen) atoms. The van der Waals surface area contributed by atoms with Gasteiger partial charge in [0.05, 0.1) is 18.9 Å². The zero-order valence-electron chi connectivity index (χ0n) is 12.4. The number of aliphatic hydroxyl groups excluding tert-OH is 1. The van der Waals surface area contributed by atoms with Gasteiger partial charge in [-0.05, 0) is 25.5 Å². The molecule has 0 spiro atoms. The van der Waals surface area contributed by atoms with Crippen molar-refractivity contribution >= 4 is 10.0 Å². The average molecular weight is 316 g/mol. The molecule has 0 amide bonds. The molecule has 2 heterocycles. The van der Waals surface area contributed by atoms with Crippen molar-refractivity contribution in [2.45, 2.75) is 38.0 Å². The number of hydrogen-bond donors (Lipinski definition) is 2. The second-order valence-corrected chi connectivity index (χ2v) is 7.48. The van der Waals surface area contributed by atoms with Crippen molar-refractivity contribution in [2.24, 2.45) is 0 Å². The summed E-state index contributed by atoms with van der Waals surface area (Å²) in [6.07, 6.45) is 7.31. The van der Waals surface area contributed by atoms with Gasteiger partial charge in [-0.25, -0.2) is 13.1 Å². The summed E-state index contributed by atoms with van der Waals surface area (Å²) in [5, 5.41) is 14.3. The number of aromatic nitrogens is 2. The van der Waals surface area contributed by atoms with Crippen LogP contribution in [-0.4, -0.2) is 66.2 Å². The van der Waals surface area contributed by atoms with E-state index in [1.54, 1.807) is 10.9 Å². The molecule has 8 heteroatoms. The number of aliphatic hydroxyl groups is 1. The van der Waals surface area contributed by atoms with Gasteiger partial charge in [-0.1, -0.05) is 6.42 Å². The summed E-state index contributed by atoms with van der Waals surface area (Å²) in [7, 11) is -3.17. The Balaban J connectivity index is 1.86. The monoisotopic (exact) mass is 316 g/mol. The topological polar surface area (TPSA) is 87.5 Å². The molecule has 0 aliphatic carbocycles. The van der Waals surface area contributed by atoms with Gasteiger partial charge in [0.15, 0.2) is 0 Å². The van der Waals surface area contributed by atoms with Crippen molar-refractivity contribution in [2.75, 3.05) is 25.9 Å². The second kappa shape index (κ2) is 7.35. The minimum Gasteiger partial charge on any atom is -0.390 e. The van der Waals surface area contributed by atoms with Crippen LogP contribution in [0.2, 0.25) is 0 Å². The Labute approximate surface area is 126 Å². The predicted octanol–water partition coefficient (Wildman–Crippen LogP) is -0.352. The molecule has 0 bridgehead atoms. The summed E-state index contributed by atoms with van der Waals surface area (Å²) in [4.78, 5) is 2.18. The first-order valence-electron chi connectivity index (χ1n) is 7.28. The lowest BCUT2D eigenvalue weighted by atomic mass is 10.0. The second-order valence-electron chi connectivity index (χ2n) is 5.65. The van der Waals surface area contributed by atoms with Crippen LogP contribution in [0.15, 0.2) is 18.5 Å². The van der Waals surface area contributed by atoms with Gasteiger partial charge in [0.1, 0.15) is 0 Å². The molecule has 1 aromatic heterocycles. The first-order chi connectivity index (χ1) is 9.94. The van der Waals surface area contributed by atoms with E-state index in [1.807, 2.05) is 12.3 Å². The molecular weight excluding hydrogens is 292 g/mol. The molecule has 1 fully saturated rings. The number of hydrogen-bond acceptors (Lipinski definition) is 5. The van der Waals surface area contributed by atoms with E-state index in [1.165, 1.54) is 6.26 Å². The van der Waals surface area contributed by atoms with Crippen LogP contribution in [0.25, 0.3) is 0 Å². The zero-order valence-corrected chi connectivity index (χ0v) is 13.2. The number of sulfonamides is 1. The Bertz CT molecular complexity index is 518. The van der Waals surface area contributed by atoms with Gasteiger partial charge in [0.2, 0.25) is 10.0 Å². The highest BCUT2D eigenvalue weighted by molar-refractivity contribution is 7.88. The van der Waals surface area contributed by atoms with Crippen LogP contribution in [0.4, 0.5) is 0 Å². The van der Waals surface area contributed by atoms with Crippen molar-refractivity contribution in [3.8, 4) is 0 Å². The van der Waals surface area contributed by atoms with E-state index < -0.39 is 16.1 Å². The van der Waals surface area contributed by atoms with Gasteiger partial charge in [-0.3, -0.25) is 9.58 Å². The minimum absolute atomic E-state index is 0.153. The van der Waals surface area contributed by atoms with Gasteiger partial charge in [-0.15, -0.1) is 0 Å². The fourth-order valence-corrected chi connectivity index (χ4v) is 3.23. The summed E-state index contributed by atoms with van der Waals surface area (Å²) in [6, 6.07) is 1.98. The quantitative estimate of drug-likeness (QED) is 0.718. The van der Waals surface area contributed by atoms with Crippen LogP contribution in [0.1, 0.15) is 19.3 Å². The Morgan fingerprint density at radius 3 is 2.90 bits per heavy atom. The minimum atomic E-state index is -3.17. The van der Waals surface area contributed by atoms with Crippen LogP contribution in [0.5, 0.6) is 0 Å². The molecule has 0 radical (unpaired) electrons. The lowest BCUT2D eigenvalue weighted by molar-refractivity contribution is 0.0578. The van der Waals surface area contributed by atoms with E-state index in [0.717, 1.165) is 25.8 Å². The van der Waals surface area contributed by atoms with Crippen LogP contribution >= 0.6 is 0 Å². The van der Waals surface area contributed by atoms with Crippen molar-refractivity contribution in [3.63, 3.8) is 0 Å². The van der Waals surface area contributed by atoms with Crippen LogP contribution in [0, 0.1) is 0 Å². The van der Waals surface area contributed by atoms with Gasteiger partial charge >= 0.3 is 0 Å². The Hall–Kier alpha value is -0.960. The average Bonchev–Trinajstić information content (AvgIpc) is 2.89. The summed E-state index contributed by atoms with van der Waals surface area (Å²) >= 11 is 0. The largest absolute Gasteiger partial charge is 0.390 e. The van der Waals surface area contributed by atoms with Crippen molar-refractivity contribution < 1.29 is 13.5 Å². The number of nitrogens with one attached hydrogen (secondary N) is 1. The van der Waals surface area contributed by atoms with E-state index in [-0.39, 0.29) is 6.04 Å². The molecule has 1 aliphatic heterocycles. The Morgan fingerprint density at radius 1 is 1.43 bits per heavy atom. The highest BCUT2D eigenvalue weighted by atomic mass is 32.2. The van der Waals surface area contributed by atoms with Gasteiger partial charge in [0, 0.05) is 31.5 Å². The van der Waals surface area contributed by atoms with E-state index in [2.05, 4.69) is 14.7 Å². The molecule has 1 saturated heterocycles. The third kappa shape index (κ3) is 5.74. The number of likely N-dealkylation sites (tertiary alicyclic amines) is 1. The fraction of sp³-hybridized carbons (Fsp3) is 0.769. The molecule has 1 aliphatic rings. The number of rotatable bonds is 7. The molecule has 0 unspecified atom stereocenters. The SMILES string of the molecule is CS(=O)(=O)NC[C@@H]1CCCCN1C[C@@H](O)Cn1cccn1. The summed E-state index contributed by atoms with van der Waals surface area (Å²) in [5.41, 5.74) is 0. The summed E-state index contributed by atoms with van der Waals surface area (Å²) < 4.78 is 26.7. The smallest absolute Gasteiger partial charge is 0.208 e. The number of piperidine rings is 1. The van der Waals surface area contributed by atoms with E-state index in [9.17, 15) is 13.5 Å². The number of β-amino-alcohol motifs (C(OH)–C–C–N with tert-alkyl or cyclic N) is 1. The van der Waals surface area contributed by atoms with E-state index in [0.29, 0.717) is 19.6 Å². The maximum atomic E-state index is 11.2. The molecular formula is C13H24N4O3S. The lowest BCUT2D eigenvalue weighted by Gasteiger charge is -2.36. The zero-order chi connectivity index (χ0) is 15.3. The first-order valence-corrected chi connectivity index (χ1v) is 9.17. The predicted molar refractivity (Wildman–Crippen MR) is 80.3 cm³/mol. The van der Waals surface area contributed by atoms with Crippen LogP contribution < -0.4 is 4.72 Å². The molecule has 120 valence electrons. The lowest BCUT2D eigenvalue weighted by Crippen LogP contribution is -2.49. The first kappa shape index (κ1) is 16.4. The van der Waals surface area contributed by atoms with Crippen molar-refractivity contribution in [1.29, 1.82) is 0 Å². The molecule has 7 nitrogen and oxygen atoms in total.